The molecule has 0 amide bonds. The molecule has 0 aliphatic heterocycles. The Kier molecular flexibility index (Phi) is 3.62. The van der Waals surface area contributed by atoms with E-state index in [-0.39, 0.29) is 17.8 Å². The molecule has 0 radical (unpaired) electrons. The van der Waals surface area contributed by atoms with Crippen molar-refractivity contribution in [1.82, 2.24) is 9.55 Å². The Morgan fingerprint density at radius 2 is 1.95 bits per heavy atom. The van der Waals surface area contributed by atoms with Gasteiger partial charge >= 0.3 is 5.69 Å². The summed E-state index contributed by atoms with van der Waals surface area (Å²) in [5, 5.41) is 1.79. The number of fused-ring (bicyclic) bond motifs is 1. The zero-order valence-corrected chi connectivity index (χ0v) is 12.3. The van der Waals surface area contributed by atoms with Crippen LogP contribution >= 0.6 is 11.3 Å². The molecular weight excluding hydrogens is 288 g/mol. The molecule has 3 aromatic rings. The van der Waals surface area contributed by atoms with E-state index in [2.05, 4.69) is 4.98 Å². The van der Waals surface area contributed by atoms with Crippen LogP contribution in [0.5, 0.6) is 5.75 Å². The summed E-state index contributed by atoms with van der Waals surface area (Å²) in [5.41, 5.74) is 0.831. The van der Waals surface area contributed by atoms with Gasteiger partial charge in [-0.1, -0.05) is 12.1 Å². The first kappa shape index (κ1) is 13.6. The van der Waals surface area contributed by atoms with Crippen LogP contribution in [0.1, 0.15) is 12.5 Å². The Morgan fingerprint density at radius 3 is 2.67 bits per heavy atom. The molecule has 108 valence electrons. The molecule has 0 saturated heterocycles. The highest BCUT2D eigenvalue weighted by atomic mass is 32.1. The molecule has 0 aliphatic carbocycles. The van der Waals surface area contributed by atoms with Crippen molar-refractivity contribution in [1.29, 1.82) is 0 Å². The van der Waals surface area contributed by atoms with Gasteiger partial charge in [-0.2, -0.15) is 0 Å². The monoisotopic (exact) mass is 302 g/mol. The smallest absolute Gasteiger partial charge is 0.329 e. The number of thiophene rings is 1. The maximum absolute atomic E-state index is 12.3. The molecule has 0 bridgehead atoms. The maximum atomic E-state index is 12.3. The minimum absolute atomic E-state index is 0.244. The number of aromatic amines is 1. The number of nitrogens with zero attached hydrogens (tertiary/aromatic N) is 1. The van der Waals surface area contributed by atoms with Gasteiger partial charge in [0.05, 0.1) is 18.7 Å². The van der Waals surface area contributed by atoms with Gasteiger partial charge < -0.3 is 9.72 Å². The third kappa shape index (κ3) is 2.62. The third-order valence-electron chi connectivity index (χ3n) is 3.17. The summed E-state index contributed by atoms with van der Waals surface area (Å²) in [5.74, 6) is 0.774. The van der Waals surface area contributed by atoms with Crippen LogP contribution in [0.15, 0.2) is 45.3 Å². The Hall–Kier alpha value is -2.34. The summed E-state index contributed by atoms with van der Waals surface area (Å²) in [6, 6.07) is 9.12. The molecule has 6 heteroatoms. The molecular formula is C15H14N2O3S. The van der Waals surface area contributed by atoms with Gasteiger partial charge in [-0.3, -0.25) is 9.36 Å². The third-order valence-corrected chi connectivity index (χ3v) is 4.07. The number of rotatable bonds is 4. The first-order valence-electron chi connectivity index (χ1n) is 6.61. The topological polar surface area (TPSA) is 64.1 Å². The van der Waals surface area contributed by atoms with Crippen LogP contribution in [-0.4, -0.2) is 16.2 Å². The molecule has 5 nitrogen and oxygen atoms in total. The van der Waals surface area contributed by atoms with E-state index in [0.717, 1.165) is 11.3 Å². The fourth-order valence-electron chi connectivity index (χ4n) is 2.15. The Balaban J connectivity index is 1.97. The minimum Gasteiger partial charge on any atom is -0.494 e. The predicted octanol–water partition coefficient (Wildman–Crippen LogP) is 2.20. The van der Waals surface area contributed by atoms with Gasteiger partial charge in [0.1, 0.15) is 10.4 Å². The van der Waals surface area contributed by atoms with Gasteiger partial charge in [0, 0.05) is 0 Å². The first-order valence-corrected chi connectivity index (χ1v) is 7.49. The summed E-state index contributed by atoms with van der Waals surface area (Å²) < 4.78 is 7.16. The number of nitrogens with one attached hydrogen (secondary N) is 1. The van der Waals surface area contributed by atoms with E-state index in [1.165, 1.54) is 15.9 Å². The van der Waals surface area contributed by atoms with Crippen LogP contribution in [0, 0.1) is 0 Å². The molecule has 21 heavy (non-hydrogen) atoms. The lowest BCUT2D eigenvalue weighted by Crippen LogP contribution is -2.34. The summed E-state index contributed by atoms with van der Waals surface area (Å²) in [7, 11) is 0. The molecule has 0 unspecified atom stereocenters. The lowest BCUT2D eigenvalue weighted by molar-refractivity contribution is 0.340. The van der Waals surface area contributed by atoms with Crippen molar-refractivity contribution in [2.24, 2.45) is 0 Å². The normalized spacial score (nSPS) is 10.9. The van der Waals surface area contributed by atoms with Crippen LogP contribution in [0.2, 0.25) is 0 Å². The van der Waals surface area contributed by atoms with Crippen molar-refractivity contribution in [3.63, 3.8) is 0 Å². The average Bonchev–Trinajstić information content (AvgIpc) is 2.94. The number of H-pyrrole nitrogens is 1. The molecule has 0 fully saturated rings. The van der Waals surface area contributed by atoms with Crippen LogP contribution in [-0.2, 0) is 6.54 Å². The number of ether oxygens (including phenoxy) is 1. The highest BCUT2D eigenvalue weighted by Gasteiger charge is 2.09. The van der Waals surface area contributed by atoms with E-state index in [4.69, 9.17) is 4.74 Å². The van der Waals surface area contributed by atoms with E-state index in [9.17, 15) is 9.59 Å². The lowest BCUT2D eigenvalue weighted by atomic mass is 10.2. The SMILES string of the molecule is CCOc1ccc(Cn2c(=O)[nH]c3ccsc3c2=O)cc1. The van der Waals surface area contributed by atoms with Gasteiger partial charge in [0.15, 0.2) is 0 Å². The molecule has 0 aliphatic rings. The van der Waals surface area contributed by atoms with Crippen LogP contribution in [0.25, 0.3) is 10.2 Å². The second-order valence-electron chi connectivity index (χ2n) is 4.56. The van der Waals surface area contributed by atoms with E-state index in [1.807, 2.05) is 31.2 Å². The van der Waals surface area contributed by atoms with Gasteiger partial charge in [-0.25, -0.2) is 4.79 Å². The molecule has 1 N–H and O–H groups in total. The summed E-state index contributed by atoms with van der Waals surface area (Å²) in [6.45, 7) is 2.77. The highest BCUT2D eigenvalue weighted by Crippen LogP contribution is 2.14. The van der Waals surface area contributed by atoms with Crippen molar-refractivity contribution in [2.45, 2.75) is 13.5 Å². The van der Waals surface area contributed by atoms with Gasteiger partial charge in [0.25, 0.3) is 5.56 Å². The largest absolute Gasteiger partial charge is 0.494 e. The summed E-state index contributed by atoms with van der Waals surface area (Å²) in [6.07, 6.45) is 0. The molecule has 3 rings (SSSR count). The quantitative estimate of drug-likeness (QED) is 0.803. The lowest BCUT2D eigenvalue weighted by Gasteiger charge is -2.07. The Bertz CT molecular complexity index is 874. The second kappa shape index (κ2) is 5.57. The van der Waals surface area contributed by atoms with Crippen molar-refractivity contribution in [3.8, 4) is 5.75 Å². The molecule has 2 aromatic heterocycles. The number of benzene rings is 1. The summed E-state index contributed by atoms with van der Waals surface area (Å²) >= 11 is 1.33. The summed E-state index contributed by atoms with van der Waals surface area (Å²) in [4.78, 5) is 27.1. The number of aromatic nitrogens is 2. The van der Waals surface area contributed by atoms with E-state index in [1.54, 1.807) is 11.4 Å². The van der Waals surface area contributed by atoms with Gasteiger partial charge in [0.2, 0.25) is 0 Å². The standard InChI is InChI=1S/C15H14N2O3S/c1-2-20-11-5-3-10(4-6-11)9-17-14(18)13-12(7-8-21-13)16-15(17)19/h3-8H,2,9H2,1H3,(H,16,19). The fourth-order valence-corrected chi connectivity index (χ4v) is 2.95. The van der Waals surface area contributed by atoms with Crippen molar-refractivity contribution in [2.75, 3.05) is 6.61 Å². The first-order chi connectivity index (χ1) is 10.2. The Labute approximate surface area is 124 Å². The average molecular weight is 302 g/mol. The Morgan fingerprint density at radius 1 is 1.19 bits per heavy atom. The zero-order chi connectivity index (χ0) is 14.8. The number of hydrogen-bond donors (Lipinski definition) is 1. The van der Waals surface area contributed by atoms with Crippen LogP contribution < -0.4 is 16.0 Å². The minimum atomic E-state index is -0.389. The molecule has 1 aromatic carbocycles. The molecule has 2 heterocycles. The van der Waals surface area contributed by atoms with E-state index >= 15 is 0 Å². The van der Waals surface area contributed by atoms with Crippen molar-refractivity contribution < 1.29 is 4.74 Å². The predicted molar refractivity (Wildman–Crippen MR) is 83.4 cm³/mol. The van der Waals surface area contributed by atoms with E-state index < -0.39 is 0 Å². The highest BCUT2D eigenvalue weighted by molar-refractivity contribution is 7.17. The van der Waals surface area contributed by atoms with Gasteiger partial charge in [-0.05, 0) is 36.1 Å². The molecule has 0 atom stereocenters. The van der Waals surface area contributed by atoms with Crippen molar-refractivity contribution >= 4 is 21.6 Å². The molecule has 0 saturated carbocycles. The fraction of sp³-hybridized carbons (Fsp3) is 0.200. The van der Waals surface area contributed by atoms with Crippen molar-refractivity contribution in [3.05, 3.63) is 62.1 Å². The van der Waals surface area contributed by atoms with Crippen LogP contribution in [0.4, 0.5) is 0 Å². The maximum Gasteiger partial charge on any atom is 0.329 e. The number of hydrogen-bond acceptors (Lipinski definition) is 4. The zero-order valence-electron chi connectivity index (χ0n) is 11.5. The molecule has 0 spiro atoms. The van der Waals surface area contributed by atoms with Gasteiger partial charge in [-0.15, -0.1) is 11.3 Å². The van der Waals surface area contributed by atoms with Crippen LogP contribution in [0.3, 0.4) is 0 Å². The second-order valence-corrected chi connectivity index (χ2v) is 5.48. The van der Waals surface area contributed by atoms with E-state index in [0.29, 0.717) is 16.8 Å².